The third-order valence-corrected chi connectivity index (χ3v) is 5.21. The molecule has 4 rings (SSSR count). The van der Waals surface area contributed by atoms with E-state index in [1.807, 2.05) is 0 Å². The predicted molar refractivity (Wildman–Crippen MR) is 69.3 cm³/mol. The quantitative estimate of drug-likeness (QED) is 0.868. The Hall–Kier alpha value is -0.660. The van der Waals surface area contributed by atoms with Gasteiger partial charge in [-0.15, -0.1) is 10.2 Å². The first-order valence-electron chi connectivity index (χ1n) is 5.93. The van der Waals surface area contributed by atoms with Gasteiger partial charge in [-0.25, -0.2) is 0 Å². The largest absolute Gasteiger partial charge is 0.302 e. The van der Waals surface area contributed by atoms with Crippen LogP contribution in [0.4, 0.5) is 0 Å². The van der Waals surface area contributed by atoms with Gasteiger partial charge in [0.15, 0.2) is 15.3 Å². The van der Waals surface area contributed by atoms with Crippen LogP contribution in [0.2, 0.25) is 5.15 Å². The van der Waals surface area contributed by atoms with E-state index in [4.69, 9.17) is 11.6 Å². The van der Waals surface area contributed by atoms with Crippen molar-refractivity contribution in [2.24, 2.45) is 0 Å². The van der Waals surface area contributed by atoms with Gasteiger partial charge in [0.1, 0.15) is 5.82 Å². The Bertz CT molecular complexity index is 587. The lowest BCUT2D eigenvalue weighted by atomic mass is 10.4. The summed E-state index contributed by atoms with van der Waals surface area (Å²) in [5.74, 6) is 1.77. The number of rotatable bonds is 4. The van der Waals surface area contributed by atoms with Crippen molar-refractivity contribution in [2.75, 3.05) is 0 Å². The van der Waals surface area contributed by atoms with E-state index in [-0.39, 0.29) is 0 Å². The molecule has 2 aromatic rings. The van der Waals surface area contributed by atoms with Crippen molar-refractivity contribution in [2.45, 2.75) is 47.8 Å². The van der Waals surface area contributed by atoms with Crippen LogP contribution in [-0.2, 0) is 0 Å². The van der Waals surface area contributed by atoms with Gasteiger partial charge < -0.3 is 4.57 Å². The predicted octanol–water partition coefficient (Wildman–Crippen LogP) is 3.15. The average molecular weight is 300 g/mol. The minimum absolute atomic E-state index is 0.461. The lowest BCUT2D eigenvalue weighted by molar-refractivity contribution is 0.626. The van der Waals surface area contributed by atoms with Crippen LogP contribution >= 0.6 is 35.1 Å². The molecule has 5 nitrogen and oxygen atoms in total. The van der Waals surface area contributed by atoms with E-state index in [0.29, 0.717) is 17.1 Å². The number of halogens is 1. The fraction of sp³-hybridized carbons (Fsp3) is 0.600. The smallest absolute Gasteiger partial charge is 0.197 e. The first-order chi connectivity index (χ1) is 8.83. The molecule has 0 amide bonds. The third-order valence-electron chi connectivity index (χ3n) is 3.15. The average Bonchev–Trinajstić information content (AvgIpc) is 3.28. The molecule has 0 saturated heterocycles. The van der Waals surface area contributed by atoms with E-state index < -0.39 is 0 Å². The lowest BCUT2D eigenvalue weighted by Gasteiger charge is -2.06. The summed E-state index contributed by atoms with van der Waals surface area (Å²) in [5.41, 5.74) is 0. The van der Waals surface area contributed by atoms with Gasteiger partial charge in [-0.1, -0.05) is 11.6 Å². The van der Waals surface area contributed by atoms with E-state index in [2.05, 4.69) is 23.5 Å². The molecule has 0 aliphatic heterocycles. The van der Waals surface area contributed by atoms with E-state index in [1.54, 1.807) is 0 Å². The van der Waals surface area contributed by atoms with Crippen molar-refractivity contribution in [3.8, 4) is 0 Å². The molecule has 2 saturated carbocycles. The number of hydrogen-bond acceptors (Lipinski definition) is 6. The van der Waals surface area contributed by atoms with Gasteiger partial charge in [0.25, 0.3) is 0 Å². The van der Waals surface area contributed by atoms with Crippen molar-refractivity contribution in [1.82, 2.24) is 23.5 Å². The fourth-order valence-corrected chi connectivity index (χ4v) is 3.66. The second kappa shape index (κ2) is 4.18. The zero-order valence-electron chi connectivity index (χ0n) is 9.41. The maximum atomic E-state index is 5.98. The summed E-state index contributed by atoms with van der Waals surface area (Å²) in [6.07, 6.45) is 4.95. The van der Waals surface area contributed by atoms with Gasteiger partial charge in [0.05, 0.1) is 11.7 Å². The third kappa shape index (κ3) is 1.94. The van der Waals surface area contributed by atoms with E-state index in [0.717, 1.165) is 27.7 Å². The Labute approximate surface area is 117 Å². The summed E-state index contributed by atoms with van der Waals surface area (Å²) in [7, 11) is 0. The summed E-state index contributed by atoms with van der Waals surface area (Å²) in [5, 5.41) is 10.8. The molecule has 2 heterocycles. The van der Waals surface area contributed by atoms with Crippen LogP contribution in [0.25, 0.3) is 0 Å². The normalized spacial score (nSPS) is 19.4. The fourth-order valence-electron chi connectivity index (χ4n) is 1.97. The first-order valence-corrected chi connectivity index (χ1v) is 7.86. The Morgan fingerprint density at radius 2 is 2.00 bits per heavy atom. The topological polar surface area (TPSA) is 56.5 Å². The molecule has 0 bridgehead atoms. The van der Waals surface area contributed by atoms with Crippen LogP contribution in [0.15, 0.2) is 10.2 Å². The highest BCUT2D eigenvalue weighted by molar-refractivity contribution is 7.99. The second-order valence-electron chi connectivity index (χ2n) is 4.68. The maximum absolute atomic E-state index is 5.98. The Balaban J connectivity index is 1.69. The number of nitrogens with zero attached hydrogens (tertiary/aromatic N) is 5. The zero-order chi connectivity index (χ0) is 12.1. The van der Waals surface area contributed by atoms with E-state index in [9.17, 15) is 0 Å². The molecule has 0 atom stereocenters. The minimum atomic E-state index is 0.461. The summed E-state index contributed by atoms with van der Waals surface area (Å²) in [6, 6.07) is 0.587. The SMILES string of the molecule is Clc1nsnc1Sc1nnc(C2CC2)n1C1CC1. The summed E-state index contributed by atoms with van der Waals surface area (Å²) < 4.78 is 10.4. The molecule has 2 aliphatic carbocycles. The van der Waals surface area contributed by atoms with Crippen molar-refractivity contribution < 1.29 is 0 Å². The van der Waals surface area contributed by atoms with Gasteiger partial charge in [-0.3, -0.25) is 0 Å². The van der Waals surface area contributed by atoms with Gasteiger partial charge in [-0.2, -0.15) is 8.75 Å². The summed E-state index contributed by atoms with van der Waals surface area (Å²) >= 11 is 8.58. The van der Waals surface area contributed by atoms with Gasteiger partial charge >= 0.3 is 0 Å². The van der Waals surface area contributed by atoms with Gasteiger partial charge in [0.2, 0.25) is 0 Å². The maximum Gasteiger partial charge on any atom is 0.197 e. The second-order valence-corrected chi connectivity index (χ2v) is 6.52. The van der Waals surface area contributed by atoms with Crippen LogP contribution in [0, 0.1) is 0 Å². The molecule has 18 heavy (non-hydrogen) atoms. The molecule has 0 spiro atoms. The number of hydrogen-bond donors (Lipinski definition) is 0. The molecule has 2 aromatic heterocycles. The van der Waals surface area contributed by atoms with Crippen LogP contribution in [0.3, 0.4) is 0 Å². The van der Waals surface area contributed by atoms with E-state index in [1.165, 1.54) is 37.4 Å². The van der Waals surface area contributed by atoms with Crippen molar-refractivity contribution in [1.29, 1.82) is 0 Å². The summed E-state index contributed by atoms with van der Waals surface area (Å²) in [6.45, 7) is 0. The highest BCUT2D eigenvalue weighted by Crippen LogP contribution is 2.46. The molecule has 0 radical (unpaired) electrons. The Morgan fingerprint density at radius 1 is 1.17 bits per heavy atom. The van der Waals surface area contributed by atoms with Crippen molar-refractivity contribution >= 4 is 35.1 Å². The lowest BCUT2D eigenvalue weighted by Crippen LogP contribution is -2.01. The highest BCUT2D eigenvalue weighted by atomic mass is 35.5. The highest BCUT2D eigenvalue weighted by Gasteiger charge is 2.36. The van der Waals surface area contributed by atoms with Crippen LogP contribution in [-0.4, -0.2) is 23.5 Å². The van der Waals surface area contributed by atoms with Crippen molar-refractivity contribution in [3.63, 3.8) is 0 Å². The molecule has 0 N–H and O–H groups in total. The van der Waals surface area contributed by atoms with Crippen LogP contribution in [0.1, 0.15) is 43.5 Å². The molecule has 0 aromatic carbocycles. The summed E-state index contributed by atoms with van der Waals surface area (Å²) in [4.78, 5) is 0. The zero-order valence-corrected chi connectivity index (χ0v) is 11.8. The molecular formula is C10H10ClN5S2. The molecule has 94 valence electrons. The molecule has 0 unspecified atom stereocenters. The van der Waals surface area contributed by atoms with Crippen LogP contribution < -0.4 is 0 Å². The molecule has 2 aliphatic rings. The first kappa shape index (κ1) is 11.2. The van der Waals surface area contributed by atoms with Gasteiger partial charge in [0, 0.05) is 12.0 Å². The van der Waals surface area contributed by atoms with Crippen molar-refractivity contribution in [3.05, 3.63) is 11.0 Å². The molecular weight excluding hydrogens is 290 g/mol. The standard InChI is InChI=1S/C10H10ClN5S2/c11-7-9(15-18-14-7)17-10-13-12-8(5-1-2-5)16(10)6-3-4-6/h5-6H,1-4H2. The minimum Gasteiger partial charge on any atom is -0.302 e. The van der Waals surface area contributed by atoms with Crippen LogP contribution in [0.5, 0.6) is 0 Å². The molecule has 2 fully saturated rings. The Kier molecular flexibility index (Phi) is 2.60. The van der Waals surface area contributed by atoms with Gasteiger partial charge in [-0.05, 0) is 37.4 Å². The monoisotopic (exact) mass is 299 g/mol. The Morgan fingerprint density at radius 3 is 2.61 bits per heavy atom. The number of aromatic nitrogens is 5. The van der Waals surface area contributed by atoms with E-state index >= 15 is 0 Å². The molecule has 8 heteroatoms.